The molecule has 0 aromatic rings. The van der Waals surface area contributed by atoms with Crippen molar-refractivity contribution in [2.75, 3.05) is 0 Å². The maximum atomic E-state index is 3.79. The van der Waals surface area contributed by atoms with Crippen LogP contribution in [-0.2, 0) is 0 Å². The van der Waals surface area contributed by atoms with E-state index in [0.29, 0.717) is 0 Å². The van der Waals surface area contributed by atoms with E-state index in [1.165, 1.54) is 8.72 Å². The van der Waals surface area contributed by atoms with Gasteiger partial charge in [0.15, 0.2) is 0 Å². The van der Waals surface area contributed by atoms with Gasteiger partial charge in [0, 0.05) is 0 Å². The molecule has 0 radical (unpaired) electrons. The van der Waals surface area contributed by atoms with Crippen LogP contribution in [0.25, 0.3) is 0 Å². The predicted octanol–water partition coefficient (Wildman–Crippen LogP) is 2.87. The van der Waals surface area contributed by atoms with Gasteiger partial charge in [-0.15, -0.1) is 0 Å². The molecule has 0 aromatic heterocycles. The van der Waals surface area contributed by atoms with E-state index in [9.17, 15) is 0 Å². The summed E-state index contributed by atoms with van der Waals surface area (Å²) < 4.78 is 1.21. The van der Waals surface area contributed by atoms with Gasteiger partial charge in [-0.2, -0.15) is 0 Å². The third kappa shape index (κ3) is 1.35. The highest BCUT2D eigenvalue weighted by Crippen LogP contribution is 2.37. The molecule has 0 bridgehead atoms. The number of thioether (sulfide) groups is 1. The van der Waals surface area contributed by atoms with Gasteiger partial charge in [-0.25, -0.2) is 0 Å². The van der Waals surface area contributed by atoms with E-state index in [-0.39, 0.29) is 0 Å². The molecule has 0 aliphatic carbocycles. The number of halogens is 1. The fourth-order valence-corrected chi connectivity index (χ4v) is 1.87. The van der Waals surface area contributed by atoms with Crippen molar-refractivity contribution in [1.82, 2.24) is 0 Å². The second-order valence-electron chi connectivity index (χ2n) is 1.35. The lowest BCUT2D eigenvalue weighted by atomic mass is 10.4. The Hall–Kier alpha value is 0.310. The highest BCUT2D eigenvalue weighted by Gasteiger charge is 2.03. The van der Waals surface area contributed by atoms with Crippen molar-refractivity contribution in [3.05, 3.63) is 21.4 Å². The lowest BCUT2D eigenvalue weighted by Gasteiger charge is -1.84. The molecule has 1 heterocycles. The van der Waals surface area contributed by atoms with Gasteiger partial charge in [-0.05, 0) is 27.3 Å². The highest BCUT2D eigenvalue weighted by molar-refractivity contribution is 9.14. The Morgan fingerprint density at radius 3 is 2.71 bits per heavy atom. The largest absolute Gasteiger partial charge is 0.0888 e. The fraction of sp³-hybridized carbons (Fsp3) is 0.200. The molecule has 0 atom stereocenters. The molecule has 0 saturated heterocycles. The number of hydrogen-bond donors (Lipinski definition) is 0. The topological polar surface area (TPSA) is 0 Å². The van der Waals surface area contributed by atoms with Gasteiger partial charge in [-0.3, -0.25) is 0 Å². The van der Waals surface area contributed by atoms with E-state index in [4.69, 9.17) is 0 Å². The van der Waals surface area contributed by atoms with Gasteiger partial charge in [0.05, 0.1) is 3.81 Å². The first-order chi connectivity index (χ1) is 3.29. The van der Waals surface area contributed by atoms with E-state index in [2.05, 4.69) is 28.6 Å². The second kappa shape index (κ2) is 2.05. The molecule has 1 aliphatic rings. The normalized spacial score (nSPS) is 20.1. The molecule has 0 nitrogen and oxygen atoms in total. The fourth-order valence-electron chi connectivity index (χ4n) is 0.415. The van der Waals surface area contributed by atoms with Crippen molar-refractivity contribution in [3.8, 4) is 0 Å². The summed E-state index contributed by atoms with van der Waals surface area (Å²) in [5.41, 5.74) is 0. The predicted molar refractivity (Wildman–Crippen MR) is 38.4 cm³/mol. The van der Waals surface area contributed by atoms with Gasteiger partial charge < -0.3 is 0 Å². The lowest BCUT2D eigenvalue weighted by molar-refractivity contribution is 1.41. The van der Waals surface area contributed by atoms with Crippen LogP contribution in [0.3, 0.4) is 0 Å². The maximum Gasteiger partial charge on any atom is 0.0511 e. The standard InChI is InChI=1S/C5H5BrS/c1-4-2-3-5(6)7-4/h3H,1-2H2. The van der Waals surface area contributed by atoms with Crippen molar-refractivity contribution in [2.24, 2.45) is 0 Å². The average Bonchev–Trinajstić information content (AvgIpc) is 1.87. The smallest absolute Gasteiger partial charge is 0.0511 e. The van der Waals surface area contributed by atoms with Gasteiger partial charge in [0.1, 0.15) is 0 Å². The summed E-state index contributed by atoms with van der Waals surface area (Å²) in [7, 11) is 0. The molecule has 1 aliphatic heterocycles. The molecule has 0 amide bonds. The highest BCUT2D eigenvalue weighted by atomic mass is 79.9. The van der Waals surface area contributed by atoms with Gasteiger partial charge in [0.25, 0.3) is 0 Å². The van der Waals surface area contributed by atoms with Crippen LogP contribution in [-0.4, -0.2) is 0 Å². The van der Waals surface area contributed by atoms with Crippen LogP contribution in [0.15, 0.2) is 21.4 Å². The molecule has 38 valence electrons. The lowest BCUT2D eigenvalue weighted by Crippen LogP contribution is -1.53. The summed E-state index contributed by atoms with van der Waals surface area (Å²) in [6.07, 6.45) is 3.15. The maximum absolute atomic E-state index is 3.79. The third-order valence-electron chi connectivity index (χ3n) is 0.732. The van der Waals surface area contributed by atoms with Gasteiger partial charge >= 0.3 is 0 Å². The first-order valence-corrected chi connectivity index (χ1v) is 3.61. The van der Waals surface area contributed by atoms with Crippen LogP contribution in [0.5, 0.6) is 0 Å². The minimum absolute atomic E-state index is 1.03. The Bertz CT molecular complexity index is 126. The summed E-state index contributed by atoms with van der Waals surface area (Å²) in [6.45, 7) is 3.79. The molecule has 0 N–H and O–H groups in total. The monoisotopic (exact) mass is 176 g/mol. The SMILES string of the molecule is C=C1CC=C(Br)S1. The molecule has 2 heteroatoms. The molecule has 7 heavy (non-hydrogen) atoms. The number of rotatable bonds is 0. The minimum atomic E-state index is 1.03. The number of hydrogen-bond acceptors (Lipinski definition) is 1. The van der Waals surface area contributed by atoms with Crippen molar-refractivity contribution in [2.45, 2.75) is 6.42 Å². The zero-order chi connectivity index (χ0) is 5.28. The third-order valence-corrected chi connectivity index (χ3v) is 2.36. The molecule has 0 unspecified atom stereocenters. The van der Waals surface area contributed by atoms with Crippen LogP contribution in [0.1, 0.15) is 6.42 Å². The molecule has 0 fully saturated rings. The van der Waals surface area contributed by atoms with Crippen molar-refractivity contribution in [3.63, 3.8) is 0 Å². The van der Waals surface area contributed by atoms with Crippen molar-refractivity contribution < 1.29 is 0 Å². The van der Waals surface area contributed by atoms with Crippen molar-refractivity contribution in [1.29, 1.82) is 0 Å². The Kier molecular flexibility index (Phi) is 1.60. The molecule has 0 saturated carbocycles. The molecule has 0 aromatic carbocycles. The molecule has 1 rings (SSSR count). The summed E-state index contributed by atoms with van der Waals surface area (Å²) in [4.78, 5) is 1.23. The average molecular weight is 177 g/mol. The molecule has 0 spiro atoms. The van der Waals surface area contributed by atoms with E-state index < -0.39 is 0 Å². The van der Waals surface area contributed by atoms with Crippen molar-refractivity contribution >= 4 is 27.7 Å². The Balaban J connectivity index is 2.58. The van der Waals surface area contributed by atoms with Crippen LogP contribution in [0, 0.1) is 0 Å². The van der Waals surface area contributed by atoms with E-state index in [1.54, 1.807) is 11.8 Å². The summed E-state index contributed by atoms with van der Waals surface area (Å²) in [5.74, 6) is 0. The first-order valence-electron chi connectivity index (χ1n) is 2.00. The van der Waals surface area contributed by atoms with Crippen LogP contribution in [0.4, 0.5) is 0 Å². The van der Waals surface area contributed by atoms with Crippen LogP contribution in [0.2, 0.25) is 0 Å². The quantitative estimate of drug-likeness (QED) is 0.548. The summed E-state index contributed by atoms with van der Waals surface area (Å²) in [6, 6.07) is 0. The Labute approximate surface area is 55.8 Å². The van der Waals surface area contributed by atoms with E-state index in [0.717, 1.165) is 6.42 Å². The number of allylic oxidation sites excluding steroid dienone is 2. The minimum Gasteiger partial charge on any atom is -0.0888 e. The van der Waals surface area contributed by atoms with E-state index >= 15 is 0 Å². The molecular weight excluding hydrogens is 172 g/mol. The van der Waals surface area contributed by atoms with Crippen LogP contribution < -0.4 is 0 Å². The zero-order valence-electron chi connectivity index (χ0n) is 3.78. The summed E-state index contributed by atoms with van der Waals surface area (Å²) >= 11 is 5.05. The summed E-state index contributed by atoms with van der Waals surface area (Å²) in [5, 5.41) is 0. The zero-order valence-corrected chi connectivity index (χ0v) is 6.18. The van der Waals surface area contributed by atoms with Crippen LogP contribution >= 0.6 is 27.7 Å². The Morgan fingerprint density at radius 2 is 2.57 bits per heavy atom. The Morgan fingerprint density at radius 1 is 1.86 bits per heavy atom. The first kappa shape index (κ1) is 5.45. The van der Waals surface area contributed by atoms with Gasteiger partial charge in [0.2, 0.25) is 0 Å². The van der Waals surface area contributed by atoms with Gasteiger partial charge in [-0.1, -0.05) is 24.4 Å². The molecular formula is C5H5BrS. The second-order valence-corrected chi connectivity index (χ2v) is 3.95. The van der Waals surface area contributed by atoms with E-state index in [1.807, 2.05) is 0 Å².